The van der Waals surface area contributed by atoms with Crippen molar-refractivity contribution in [2.75, 3.05) is 13.2 Å². The highest BCUT2D eigenvalue weighted by Crippen LogP contribution is 2.19. The van der Waals surface area contributed by atoms with E-state index < -0.39 is 17.2 Å². The maximum Gasteiger partial charge on any atom is 0.311 e. The summed E-state index contributed by atoms with van der Waals surface area (Å²) in [6, 6.07) is 5.65. The summed E-state index contributed by atoms with van der Waals surface area (Å²) in [5.41, 5.74) is -0.973. The monoisotopic (exact) mass is 297 g/mol. The summed E-state index contributed by atoms with van der Waals surface area (Å²) in [6.45, 7) is 3.51. The van der Waals surface area contributed by atoms with Crippen LogP contribution in [-0.2, 0) is 9.59 Å². The number of aliphatic carboxylic acids is 1. The van der Waals surface area contributed by atoms with Crippen molar-refractivity contribution in [3.63, 3.8) is 0 Å². The third kappa shape index (κ3) is 5.41. The second kappa shape index (κ2) is 7.61. The second-order valence-electron chi connectivity index (χ2n) is 5.05. The van der Waals surface area contributed by atoms with Crippen LogP contribution in [0, 0.1) is 11.2 Å². The Bertz CT molecular complexity index is 506. The number of carbonyl (C=O) groups excluding carboxylic acids is 1. The molecule has 5 nitrogen and oxygen atoms in total. The fourth-order valence-corrected chi connectivity index (χ4v) is 1.55. The molecule has 0 saturated carbocycles. The van der Waals surface area contributed by atoms with Crippen molar-refractivity contribution < 1.29 is 23.8 Å². The Kier molecular flexibility index (Phi) is 6.14. The first-order valence-electron chi connectivity index (χ1n) is 6.76. The lowest BCUT2D eigenvalue weighted by atomic mass is 9.88. The molecule has 0 saturated heterocycles. The first kappa shape index (κ1) is 16.9. The van der Waals surface area contributed by atoms with Crippen molar-refractivity contribution in [3.8, 4) is 5.75 Å². The molecule has 1 unspecified atom stereocenters. The molecule has 0 radical (unpaired) electrons. The molecule has 1 aromatic rings. The first-order valence-corrected chi connectivity index (χ1v) is 6.76. The van der Waals surface area contributed by atoms with E-state index in [-0.39, 0.29) is 25.5 Å². The van der Waals surface area contributed by atoms with Crippen LogP contribution in [0.3, 0.4) is 0 Å². The van der Waals surface area contributed by atoms with Gasteiger partial charge in [0.2, 0.25) is 5.91 Å². The Morgan fingerprint density at radius 3 is 2.71 bits per heavy atom. The topological polar surface area (TPSA) is 75.6 Å². The fourth-order valence-electron chi connectivity index (χ4n) is 1.55. The van der Waals surface area contributed by atoms with Crippen LogP contribution in [0.4, 0.5) is 4.39 Å². The van der Waals surface area contributed by atoms with Gasteiger partial charge in [0.15, 0.2) is 0 Å². The molecule has 0 spiro atoms. The maximum absolute atomic E-state index is 12.9. The number of carboxylic acids is 1. The molecular formula is C15H20FNO4. The van der Waals surface area contributed by atoms with Gasteiger partial charge in [0.25, 0.3) is 0 Å². The molecule has 21 heavy (non-hydrogen) atoms. The molecule has 0 bridgehead atoms. The molecule has 0 aliphatic rings. The van der Waals surface area contributed by atoms with Crippen LogP contribution in [0.5, 0.6) is 5.75 Å². The molecule has 0 aliphatic carbocycles. The molecule has 116 valence electrons. The van der Waals surface area contributed by atoms with E-state index in [2.05, 4.69) is 5.32 Å². The lowest BCUT2D eigenvalue weighted by molar-refractivity contribution is -0.148. The minimum Gasteiger partial charge on any atom is -0.493 e. The Labute approximate surface area is 123 Å². The van der Waals surface area contributed by atoms with Crippen LogP contribution in [-0.4, -0.2) is 30.1 Å². The summed E-state index contributed by atoms with van der Waals surface area (Å²) in [7, 11) is 0. The van der Waals surface area contributed by atoms with Gasteiger partial charge in [0.1, 0.15) is 11.6 Å². The van der Waals surface area contributed by atoms with Crippen molar-refractivity contribution in [2.45, 2.75) is 26.7 Å². The summed E-state index contributed by atoms with van der Waals surface area (Å²) in [5, 5.41) is 11.7. The molecule has 0 aromatic heterocycles. The summed E-state index contributed by atoms with van der Waals surface area (Å²) in [4.78, 5) is 22.7. The largest absolute Gasteiger partial charge is 0.493 e. The summed E-state index contributed by atoms with van der Waals surface area (Å²) in [6.07, 6.45) is 0.498. The normalized spacial score (nSPS) is 13.3. The van der Waals surface area contributed by atoms with E-state index in [0.29, 0.717) is 12.2 Å². The van der Waals surface area contributed by atoms with E-state index in [1.807, 2.05) is 0 Å². The van der Waals surface area contributed by atoms with Crippen molar-refractivity contribution in [2.24, 2.45) is 5.41 Å². The fraction of sp³-hybridized carbons (Fsp3) is 0.467. The molecule has 1 amide bonds. The van der Waals surface area contributed by atoms with Gasteiger partial charge in [-0.3, -0.25) is 9.59 Å². The van der Waals surface area contributed by atoms with Gasteiger partial charge in [0, 0.05) is 12.6 Å². The van der Waals surface area contributed by atoms with E-state index in [0.717, 1.165) is 0 Å². The lowest BCUT2D eigenvalue weighted by Crippen LogP contribution is -2.40. The zero-order valence-corrected chi connectivity index (χ0v) is 12.2. The van der Waals surface area contributed by atoms with Crippen molar-refractivity contribution >= 4 is 11.9 Å². The number of benzene rings is 1. The molecule has 2 N–H and O–H groups in total. The van der Waals surface area contributed by atoms with E-state index >= 15 is 0 Å². The third-order valence-corrected chi connectivity index (χ3v) is 3.37. The molecule has 6 heteroatoms. The van der Waals surface area contributed by atoms with Gasteiger partial charge in [-0.15, -0.1) is 0 Å². The Hall–Kier alpha value is -2.11. The summed E-state index contributed by atoms with van der Waals surface area (Å²) < 4.78 is 18.2. The van der Waals surface area contributed by atoms with E-state index in [1.54, 1.807) is 19.9 Å². The van der Waals surface area contributed by atoms with Gasteiger partial charge in [-0.1, -0.05) is 13.0 Å². The summed E-state index contributed by atoms with van der Waals surface area (Å²) >= 11 is 0. The highest BCUT2D eigenvalue weighted by Gasteiger charge is 2.31. The third-order valence-electron chi connectivity index (χ3n) is 3.37. The van der Waals surface area contributed by atoms with Crippen LogP contribution in [0.15, 0.2) is 24.3 Å². The molecule has 0 heterocycles. The van der Waals surface area contributed by atoms with Crippen LogP contribution < -0.4 is 10.1 Å². The molecule has 1 aromatic carbocycles. The Morgan fingerprint density at radius 2 is 2.14 bits per heavy atom. The Balaban J connectivity index is 2.33. The number of carbonyl (C=O) groups is 2. The van der Waals surface area contributed by atoms with Gasteiger partial charge in [-0.2, -0.15) is 0 Å². The number of ether oxygens (including phenoxy) is 1. The van der Waals surface area contributed by atoms with Gasteiger partial charge in [-0.25, -0.2) is 4.39 Å². The number of hydrogen-bond donors (Lipinski definition) is 2. The molecule has 0 aliphatic heterocycles. The van der Waals surface area contributed by atoms with Gasteiger partial charge in [0.05, 0.1) is 18.4 Å². The van der Waals surface area contributed by atoms with E-state index in [4.69, 9.17) is 9.84 Å². The van der Waals surface area contributed by atoms with E-state index in [1.165, 1.54) is 18.2 Å². The number of halogens is 1. The van der Waals surface area contributed by atoms with Crippen LogP contribution >= 0.6 is 0 Å². The Morgan fingerprint density at radius 1 is 1.43 bits per heavy atom. The number of hydrogen-bond acceptors (Lipinski definition) is 3. The van der Waals surface area contributed by atoms with Crippen molar-refractivity contribution in [3.05, 3.63) is 30.1 Å². The van der Waals surface area contributed by atoms with E-state index in [9.17, 15) is 14.0 Å². The van der Waals surface area contributed by atoms with Gasteiger partial charge in [-0.05, 0) is 25.5 Å². The first-order chi connectivity index (χ1) is 9.87. The van der Waals surface area contributed by atoms with Crippen LogP contribution in [0.25, 0.3) is 0 Å². The molecular weight excluding hydrogens is 277 g/mol. The predicted molar refractivity (Wildman–Crippen MR) is 75.6 cm³/mol. The zero-order valence-electron chi connectivity index (χ0n) is 12.2. The SMILES string of the molecule is CCC(C)(CNC(=O)CCOc1cccc(F)c1)C(=O)O. The highest BCUT2D eigenvalue weighted by atomic mass is 19.1. The highest BCUT2D eigenvalue weighted by molar-refractivity contribution is 5.78. The number of carboxylic acid groups (broad SMARTS) is 1. The van der Waals surface area contributed by atoms with Gasteiger partial charge >= 0.3 is 5.97 Å². The zero-order chi connectivity index (χ0) is 15.9. The predicted octanol–water partition coefficient (Wildman–Crippen LogP) is 2.21. The standard InChI is InChI=1S/C15H20FNO4/c1-3-15(2,14(19)20)10-17-13(18)7-8-21-12-6-4-5-11(16)9-12/h4-6,9H,3,7-8,10H2,1-2H3,(H,17,18)(H,19,20). The van der Waals surface area contributed by atoms with Crippen molar-refractivity contribution in [1.29, 1.82) is 0 Å². The van der Waals surface area contributed by atoms with Crippen molar-refractivity contribution in [1.82, 2.24) is 5.32 Å². The number of rotatable bonds is 8. The average Bonchev–Trinajstić information content (AvgIpc) is 2.44. The minimum absolute atomic E-state index is 0.0671. The smallest absolute Gasteiger partial charge is 0.311 e. The molecule has 1 atom stereocenters. The second-order valence-corrected chi connectivity index (χ2v) is 5.05. The minimum atomic E-state index is -0.973. The lowest BCUT2D eigenvalue weighted by Gasteiger charge is -2.23. The van der Waals surface area contributed by atoms with Crippen LogP contribution in [0.2, 0.25) is 0 Å². The van der Waals surface area contributed by atoms with Crippen LogP contribution in [0.1, 0.15) is 26.7 Å². The average molecular weight is 297 g/mol. The van der Waals surface area contributed by atoms with Gasteiger partial charge < -0.3 is 15.2 Å². The molecule has 0 fully saturated rings. The number of amides is 1. The maximum atomic E-state index is 12.9. The quantitative estimate of drug-likeness (QED) is 0.771. The number of nitrogens with one attached hydrogen (secondary N) is 1. The molecule has 1 rings (SSSR count). The summed E-state index contributed by atoms with van der Waals surface area (Å²) in [5.74, 6) is -1.29.